The molecule has 0 bridgehead atoms. The van der Waals surface area contributed by atoms with Crippen molar-refractivity contribution in [3.63, 3.8) is 0 Å². The quantitative estimate of drug-likeness (QED) is 0.710. The molecule has 0 aliphatic carbocycles. The Labute approximate surface area is 113 Å². The van der Waals surface area contributed by atoms with Crippen molar-refractivity contribution >= 4 is 11.9 Å². The van der Waals surface area contributed by atoms with Gasteiger partial charge in [0, 0.05) is 20.3 Å². The first-order valence-electron chi connectivity index (χ1n) is 6.42. The highest BCUT2D eigenvalue weighted by Crippen LogP contribution is 2.11. The van der Waals surface area contributed by atoms with Crippen LogP contribution in [0, 0.1) is 0 Å². The molecule has 0 amide bonds. The van der Waals surface area contributed by atoms with Crippen LogP contribution in [0.25, 0.3) is 0 Å². The van der Waals surface area contributed by atoms with E-state index in [1.807, 2.05) is 30.3 Å². The van der Waals surface area contributed by atoms with Gasteiger partial charge in [-0.05, 0) is 18.4 Å². The summed E-state index contributed by atoms with van der Waals surface area (Å²) in [4.78, 5) is 21.7. The molecule has 1 aromatic rings. The van der Waals surface area contributed by atoms with Gasteiger partial charge in [0.2, 0.25) is 0 Å². The molecular weight excluding hydrogens is 244 g/mol. The third-order valence-corrected chi connectivity index (χ3v) is 2.68. The predicted octanol–water partition coefficient (Wildman–Crippen LogP) is 2.50. The molecule has 0 radical (unpaired) electrons. The third-order valence-electron chi connectivity index (χ3n) is 2.68. The topological polar surface area (TPSA) is 52.6 Å². The molecule has 0 heterocycles. The molecule has 1 unspecified atom stereocenters. The van der Waals surface area contributed by atoms with E-state index in [4.69, 9.17) is 9.47 Å². The van der Waals surface area contributed by atoms with Gasteiger partial charge in [-0.2, -0.15) is 0 Å². The maximum Gasteiger partial charge on any atom is 0.302 e. The highest BCUT2D eigenvalue weighted by atomic mass is 16.6. The van der Waals surface area contributed by atoms with Crippen molar-refractivity contribution in [1.82, 2.24) is 0 Å². The number of hydrogen-bond acceptors (Lipinski definition) is 4. The van der Waals surface area contributed by atoms with Gasteiger partial charge in [-0.1, -0.05) is 30.3 Å². The van der Waals surface area contributed by atoms with Crippen LogP contribution in [-0.4, -0.2) is 24.6 Å². The smallest absolute Gasteiger partial charge is 0.302 e. The largest absolute Gasteiger partial charge is 0.466 e. The van der Waals surface area contributed by atoms with Crippen molar-refractivity contribution in [1.29, 1.82) is 0 Å². The Kier molecular flexibility index (Phi) is 6.64. The van der Waals surface area contributed by atoms with Crippen molar-refractivity contribution in [3.8, 4) is 0 Å². The molecule has 1 atom stereocenters. The lowest BCUT2D eigenvalue weighted by molar-refractivity contribution is -0.148. The van der Waals surface area contributed by atoms with Crippen LogP contribution in [0.5, 0.6) is 0 Å². The second-order valence-corrected chi connectivity index (χ2v) is 4.38. The summed E-state index contributed by atoms with van der Waals surface area (Å²) >= 11 is 0. The van der Waals surface area contributed by atoms with Crippen molar-refractivity contribution in [3.05, 3.63) is 35.9 Å². The van der Waals surface area contributed by atoms with E-state index < -0.39 is 0 Å². The molecule has 0 saturated heterocycles. The summed E-state index contributed by atoms with van der Waals surface area (Å²) < 4.78 is 10.1. The van der Waals surface area contributed by atoms with Gasteiger partial charge in [0.1, 0.15) is 6.10 Å². The summed E-state index contributed by atoms with van der Waals surface area (Å²) in [5, 5.41) is 0. The normalized spacial score (nSPS) is 11.7. The van der Waals surface area contributed by atoms with Crippen LogP contribution in [0.2, 0.25) is 0 Å². The lowest BCUT2D eigenvalue weighted by Crippen LogP contribution is -2.20. The Hall–Kier alpha value is -1.84. The zero-order chi connectivity index (χ0) is 14.1. The van der Waals surface area contributed by atoms with E-state index in [1.54, 1.807) is 0 Å². The first kappa shape index (κ1) is 15.2. The number of esters is 2. The van der Waals surface area contributed by atoms with Gasteiger partial charge in [-0.15, -0.1) is 0 Å². The number of ether oxygens (including phenoxy) is 2. The molecule has 0 fully saturated rings. The van der Waals surface area contributed by atoms with Crippen LogP contribution in [0.15, 0.2) is 30.3 Å². The zero-order valence-corrected chi connectivity index (χ0v) is 11.4. The fourth-order valence-corrected chi connectivity index (χ4v) is 1.80. The highest BCUT2D eigenvalue weighted by Gasteiger charge is 2.12. The SMILES string of the molecule is CC(=O)OCCC(CCc1ccccc1)OC(C)=O. The Morgan fingerprint density at radius 2 is 1.74 bits per heavy atom. The predicted molar refractivity (Wildman–Crippen MR) is 71.6 cm³/mol. The minimum atomic E-state index is -0.315. The molecule has 0 aliphatic rings. The van der Waals surface area contributed by atoms with Crippen LogP contribution < -0.4 is 0 Å². The van der Waals surface area contributed by atoms with Gasteiger partial charge in [0.25, 0.3) is 0 Å². The van der Waals surface area contributed by atoms with E-state index in [0.29, 0.717) is 6.42 Å². The average Bonchev–Trinajstić information content (AvgIpc) is 2.36. The maximum absolute atomic E-state index is 11.0. The first-order chi connectivity index (χ1) is 9.08. The number of carbonyl (C=O) groups excluding carboxylic acids is 2. The van der Waals surface area contributed by atoms with Crippen LogP contribution in [-0.2, 0) is 25.5 Å². The van der Waals surface area contributed by atoms with E-state index >= 15 is 0 Å². The van der Waals surface area contributed by atoms with Crippen molar-refractivity contribution < 1.29 is 19.1 Å². The highest BCUT2D eigenvalue weighted by molar-refractivity contribution is 5.66. The Bertz CT molecular complexity index is 400. The van der Waals surface area contributed by atoms with Gasteiger partial charge < -0.3 is 9.47 Å². The number of benzene rings is 1. The molecule has 104 valence electrons. The first-order valence-corrected chi connectivity index (χ1v) is 6.42. The molecule has 0 spiro atoms. The second kappa shape index (κ2) is 8.29. The van der Waals surface area contributed by atoms with Gasteiger partial charge in [-0.25, -0.2) is 0 Å². The lowest BCUT2D eigenvalue weighted by atomic mass is 10.1. The molecule has 0 aliphatic heterocycles. The Balaban J connectivity index is 2.40. The average molecular weight is 264 g/mol. The monoisotopic (exact) mass is 264 g/mol. The molecule has 0 N–H and O–H groups in total. The summed E-state index contributed by atoms with van der Waals surface area (Å²) in [5.41, 5.74) is 1.20. The van der Waals surface area contributed by atoms with Crippen molar-refractivity contribution in [2.45, 2.75) is 39.2 Å². The number of carbonyl (C=O) groups is 2. The van der Waals surface area contributed by atoms with Crippen LogP contribution in [0.1, 0.15) is 32.3 Å². The standard InChI is InChI=1S/C15H20O4/c1-12(16)18-11-10-15(19-13(2)17)9-8-14-6-4-3-5-7-14/h3-7,15H,8-11H2,1-2H3. The Morgan fingerprint density at radius 3 is 2.32 bits per heavy atom. The number of hydrogen-bond donors (Lipinski definition) is 0. The molecule has 4 heteroatoms. The minimum Gasteiger partial charge on any atom is -0.466 e. The molecule has 0 aromatic heterocycles. The zero-order valence-electron chi connectivity index (χ0n) is 11.4. The fourth-order valence-electron chi connectivity index (χ4n) is 1.80. The van der Waals surface area contributed by atoms with Crippen molar-refractivity contribution in [2.75, 3.05) is 6.61 Å². The minimum absolute atomic E-state index is 0.211. The summed E-state index contributed by atoms with van der Waals surface area (Å²) in [5.74, 6) is -0.620. The summed E-state index contributed by atoms with van der Waals surface area (Å²) in [6.45, 7) is 3.04. The fraction of sp³-hybridized carbons (Fsp3) is 0.467. The van der Waals surface area contributed by atoms with E-state index in [9.17, 15) is 9.59 Å². The molecule has 0 saturated carbocycles. The molecular formula is C15H20O4. The van der Waals surface area contributed by atoms with Crippen LogP contribution in [0.3, 0.4) is 0 Å². The van der Waals surface area contributed by atoms with E-state index in [-0.39, 0.29) is 24.6 Å². The van der Waals surface area contributed by atoms with Gasteiger partial charge in [0.05, 0.1) is 6.61 Å². The van der Waals surface area contributed by atoms with Gasteiger partial charge >= 0.3 is 11.9 Å². The Morgan fingerprint density at radius 1 is 1.05 bits per heavy atom. The summed E-state index contributed by atoms with van der Waals surface area (Å²) in [6, 6.07) is 10.0. The molecule has 1 rings (SSSR count). The maximum atomic E-state index is 11.0. The van der Waals surface area contributed by atoms with E-state index in [2.05, 4.69) is 0 Å². The lowest BCUT2D eigenvalue weighted by Gasteiger charge is -2.16. The van der Waals surface area contributed by atoms with E-state index in [1.165, 1.54) is 19.4 Å². The van der Waals surface area contributed by atoms with Gasteiger partial charge in [-0.3, -0.25) is 9.59 Å². The second-order valence-electron chi connectivity index (χ2n) is 4.38. The number of rotatable bonds is 7. The van der Waals surface area contributed by atoms with Gasteiger partial charge in [0.15, 0.2) is 0 Å². The van der Waals surface area contributed by atoms with Crippen LogP contribution >= 0.6 is 0 Å². The molecule has 19 heavy (non-hydrogen) atoms. The summed E-state index contributed by atoms with van der Waals surface area (Å²) in [7, 11) is 0. The van der Waals surface area contributed by atoms with Crippen LogP contribution in [0.4, 0.5) is 0 Å². The van der Waals surface area contributed by atoms with Crippen molar-refractivity contribution in [2.24, 2.45) is 0 Å². The summed E-state index contributed by atoms with van der Waals surface area (Å²) in [6.07, 6.45) is 1.88. The number of aryl methyl sites for hydroxylation is 1. The molecule has 4 nitrogen and oxygen atoms in total. The molecule has 1 aromatic carbocycles. The third kappa shape index (κ3) is 7.24. The van der Waals surface area contributed by atoms with E-state index in [0.717, 1.165) is 12.8 Å².